The van der Waals surface area contributed by atoms with Crippen LogP contribution in [0, 0.1) is 15.9 Å². The Morgan fingerprint density at radius 1 is 1.25 bits per heavy atom. The first-order valence-electron chi connectivity index (χ1n) is 6.89. The molecule has 126 valence electrons. The summed E-state index contributed by atoms with van der Waals surface area (Å²) in [6.07, 6.45) is 0. The van der Waals surface area contributed by atoms with Gasteiger partial charge in [-0.15, -0.1) is 0 Å². The van der Waals surface area contributed by atoms with E-state index in [9.17, 15) is 19.3 Å². The van der Waals surface area contributed by atoms with Crippen LogP contribution in [0.3, 0.4) is 0 Å². The van der Waals surface area contributed by atoms with Gasteiger partial charge >= 0.3 is 0 Å². The van der Waals surface area contributed by atoms with Gasteiger partial charge in [0, 0.05) is 11.8 Å². The molecule has 24 heavy (non-hydrogen) atoms. The van der Waals surface area contributed by atoms with Crippen molar-refractivity contribution in [3.8, 4) is 5.75 Å². The third kappa shape index (κ3) is 4.20. The van der Waals surface area contributed by atoms with E-state index in [1.54, 1.807) is 0 Å². The van der Waals surface area contributed by atoms with Crippen LogP contribution >= 0.6 is 11.6 Å². The summed E-state index contributed by atoms with van der Waals surface area (Å²) in [5, 5.41) is 13.4. The minimum atomic E-state index is -1.29. The predicted molar refractivity (Wildman–Crippen MR) is 87.8 cm³/mol. The summed E-state index contributed by atoms with van der Waals surface area (Å²) >= 11 is 5.73. The van der Waals surface area contributed by atoms with E-state index >= 15 is 0 Å². The second-order valence-electron chi connectivity index (χ2n) is 5.44. The zero-order valence-corrected chi connectivity index (χ0v) is 13.6. The predicted octanol–water partition coefficient (Wildman–Crippen LogP) is 4.18. The lowest BCUT2D eigenvalue weighted by Gasteiger charge is -2.25. The van der Waals surface area contributed by atoms with Gasteiger partial charge in [0.05, 0.1) is 4.92 Å². The Labute approximate surface area is 142 Å². The van der Waals surface area contributed by atoms with Crippen LogP contribution < -0.4 is 10.1 Å². The summed E-state index contributed by atoms with van der Waals surface area (Å²) in [4.78, 5) is 22.6. The van der Waals surface area contributed by atoms with Gasteiger partial charge in [-0.3, -0.25) is 14.9 Å². The summed E-state index contributed by atoms with van der Waals surface area (Å²) in [6.45, 7) is 3.05. The number of nitro benzene ring substituents is 1. The fourth-order valence-corrected chi connectivity index (χ4v) is 2.04. The number of carbonyl (C=O) groups is 1. The third-order valence-electron chi connectivity index (χ3n) is 3.13. The highest BCUT2D eigenvalue weighted by atomic mass is 35.5. The zero-order valence-electron chi connectivity index (χ0n) is 12.9. The highest BCUT2D eigenvalue weighted by molar-refractivity contribution is 6.32. The molecule has 2 aromatic rings. The first-order valence-corrected chi connectivity index (χ1v) is 7.27. The lowest BCUT2D eigenvalue weighted by atomic mass is 10.1. The van der Waals surface area contributed by atoms with E-state index in [2.05, 4.69) is 5.32 Å². The number of anilines is 1. The topological polar surface area (TPSA) is 81.5 Å². The number of halogens is 2. The molecule has 0 radical (unpaired) electrons. The molecule has 0 aliphatic rings. The quantitative estimate of drug-likeness (QED) is 0.646. The molecule has 0 bridgehead atoms. The van der Waals surface area contributed by atoms with Gasteiger partial charge in [-0.1, -0.05) is 11.6 Å². The van der Waals surface area contributed by atoms with E-state index in [1.807, 2.05) is 0 Å². The SMILES string of the molecule is CC(C)(Oc1ccc(F)cc1)C(=O)Nc1ccc(Cl)c([N+](=O)[O-])c1. The van der Waals surface area contributed by atoms with Crippen molar-refractivity contribution in [1.29, 1.82) is 0 Å². The van der Waals surface area contributed by atoms with E-state index in [4.69, 9.17) is 16.3 Å². The van der Waals surface area contributed by atoms with Crippen molar-refractivity contribution in [3.05, 3.63) is 63.4 Å². The minimum Gasteiger partial charge on any atom is -0.478 e. The second-order valence-corrected chi connectivity index (χ2v) is 5.85. The van der Waals surface area contributed by atoms with Crippen molar-refractivity contribution >= 4 is 28.9 Å². The van der Waals surface area contributed by atoms with E-state index in [0.29, 0.717) is 5.75 Å². The molecule has 2 rings (SSSR count). The van der Waals surface area contributed by atoms with Crippen LogP contribution in [-0.2, 0) is 4.79 Å². The molecular formula is C16H14ClFN2O4. The number of carbonyl (C=O) groups excluding carboxylic acids is 1. The molecule has 0 fully saturated rings. The standard InChI is InChI=1S/C16H14ClFN2O4/c1-16(2,24-12-6-3-10(18)4-7-12)15(21)19-11-5-8-13(17)14(9-11)20(22)23/h3-9H,1-2H3,(H,19,21). The molecule has 0 atom stereocenters. The van der Waals surface area contributed by atoms with Gasteiger partial charge in [-0.05, 0) is 50.2 Å². The number of ether oxygens (including phenoxy) is 1. The maximum Gasteiger partial charge on any atom is 0.289 e. The lowest BCUT2D eigenvalue weighted by Crippen LogP contribution is -2.42. The molecule has 0 heterocycles. The Kier molecular flexibility index (Phi) is 5.04. The summed E-state index contributed by atoms with van der Waals surface area (Å²) < 4.78 is 18.5. The highest BCUT2D eigenvalue weighted by Crippen LogP contribution is 2.28. The van der Waals surface area contributed by atoms with Gasteiger partial charge in [0.25, 0.3) is 11.6 Å². The average Bonchev–Trinajstić information content (AvgIpc) is 2.51. The molecule has 0 aliphatic carbocycles. The van der Waals surface area contributed by atoms with Crippen LogP contribution in [0.1, 0.15) is 13.8 Å². The van der Waals surface area contributed by atoms with Gasteiger partial charge in [0.15, 0.2) is 5.60 Å². The van der Waals surface area contributed by atoms with Crippen molar-refractivity contribution in [2.24, 2.45) is 0 Å². The van der Waals surface area contributed by atoms with Crippen LogP contribution in [-0.4, -0.2) is 16.4 Å². The van der Waals surface area contributed by atoms with Gasteiger partial charge in [0.2, 0.25) is 0 Å². The first kappa shape index (κ1) is 17.7. The number of hydrogen-bond donors (Lipinski definition) is 1. The second kappa shape index (κ2) is 6.84. The smallest absolute Gasteiger partial charge is 0.289 e. The molecular weight excluding hydrogens is 339 g/mol. The fraction of sp³-hybridized carbons (Fsp3) is 0.188. The number of nitro groups is 1. The summed E-state index contributed by atoms with van der Waals surface area (Å²) in [7, 11) is 0. The first-order chi connectivity index (χ1) is 11.2. The average molecular weight is 353 g/mol. The number of rotatable bonds is 5. The zero-order chi connectivity index (χ0) is 17.9. The maximum atomic E-state index is 12.9. The van der Waals surface area contributed by atoms with Crippen LogP contribution in [0.15, 0.2) is 42.5 Å². The Morgan fingerprint density at radius 2 is 1.88 bits per heavy atom. The molecule has 0 spiro atoms. The maximum absolute atomic E-state index is 12.9. The number of amides is 1. The molecule has 6 nitrogen and oxygen atoms in total. The van der Waals surface area contributed by atoms with Crippen LogP contribution in [0.5, 0.6) is 5.75 Å². The van der Waals surface area contributed by atoms with Crippen molar-refractivity contribution in [2.45, 2.75) is 19.4 Å². The van der Waals surface area contributed by atoms with Crippen molar-refractivity contribution in [1.82, 2.24) is 0 Å². The molecule has 2 aromatic carbocycles. The Bertz CT molecular complexity index is 778. The molecule has 1 N–H and O–H groups in total. The largest absolute Gasteiger partial charge is 0.478 e. The Hall–Kier alpha value is -2.67. The van der Waals surface area contributed by atoms with Gasteiger partial charge < -0.3 is 10.1 Å². The number of benzene rings is 2. The monoisotopic (exact) mass is 352 g/mol. The highest BCUT2D eigenvalue weighted by Gasteiger charge is 2.30. The van der Waals surface area contributed by atoms with Gasteiger partial charge in [0.1, 0.15) is 16.6 Å². The van der Waals surface area contributed by atoms with Crippen molar-refractivity contribution in [3.63, 3.8) is 0 Å². The van der Waals surface area contributed by atoms with Crippen molar-refractivity contribution < 1.29 is 18.8 Å². The Morgan fingerprint density at radius 3 is 2.46 bits per heavy atom. The third-order valence-corrected chi connectivity index (χ3v) is 3.45. The van der Waals surface area contributed by atoms with E-state index in [1.165, 1.54) is 50.2 Å². The summed E-state index contributed by atoms with van der Waals surface area (Å²) in [5.74, 6) is -0.625. The van der Waals surface area contributed by atoms with Crippen molar-refractivity contribution in [2.75, 3.05) is 5.32 Å². The van der Waals surface area contributed by atoms with Gasteiger partial charge in [-0.25, -0.2) is 4.39 Å². The number of nitrogens with zero attached hydrogens (tertiary/aromatic N) is 1. The van der Waals surface area contributed by atoms with Crippen LogP contribution in [0.4, 0.5) is 15.8 Å². The van der Waals surface area contributed by atoms with E-state index in [-0.39, 0.29) is 16.4 Å². The molecule has 0 saturated carbocycles. The molecule has 0 aliphatic heterocycles. The molecule has 0 aromatic heterocycles. The summed E-state index contributed by atoms with van der Waals surface area (Å²) in [6, 6.07) is 9.16. The molecule has 8 heteroatoms. The van der Waals surface area contributed by atoms with Crippen LogP contribution in [0.2, 0.25) is 5.02 Å². The molecule has 1 amide bonds. The molecule has 0 saturated heterocycles. The Balaban J connectivity index is 2.14. The summed E-state index contributed by atoms with van der Waals surface area (Å²) in [5.41, 5.74) is -1.38. The number of nitrogens with one attached hydrogen (secondary N) is 1. The van der Waals surface area contributed by atoms with E-state index < -0.39 is 22.2 Å². The van der Waals surface area contributed by atoms with E-state index in [0.717, 1.165) is 6.07 Å². The number of hydrogen-bond acceptors (Lipinski definition) is 4. The lowest BCUT2D eigenvalue weighted by molar-refractivity contribution is -0.384. The minimum absolute atomic E-state index is 0.0279. The molecule has 0 unspecified atom stereocenters. The normalized spacial score (nSPS) is 11.0. The van der Waals surface area contributed by atoms with Crippen LogP contribution in [0.25, 0.3) is 0 Å². The fourth-order valence-electron chi connectivity index (χ4n) is 1.86. The van der Waals surface area contributed by atoms with Gasteiger partial charge in [-0.2, -0.15) is 0 Å².